The minimum absolute atomic E-state index is 0.683. The molecule has 0 saturated carbocycles. The molecule has 0 fully saturated rings. The standard InChI is InChI=1S/C5H9N3.AsH3O4/c6-2-1-5-3-7-4-8-5;2-1(3,4)5/h3-4H,1-2,6H2,(H,7,8);(H3,2,3,4,5). The molecule has 0 bridgehead atoms. The van der Waals surface area contributed by atoms with E-state index in [-0.39, 0.29) is 0 Å². The summed E-state index contributed by atoms with van der Waals surface area (Å²) in [5.74, 6) is 0. The first-order valence-electron chi connectivity index (χ1n) is 3.39. The maximum absolute atomic E-state index is 8.94. The van der Waals surface area contributed by atoms with Crippen molar-refractivity contribution in [2.45, 2.75) is 6.42 Å². The molecule has 13 heavy (non-hydrogen) atoms. The van der Waals surface area contributed by atoms with Crippen LogP contribution in [0.4, 0.5) is 0 Å². The van der Waals surface area contributed by atoms with E-state index in [1.807, 2.05) is 0 Å². The molecule has 6 N–H and O–H groups in total. The quantitative estimate of drug-likeness (QED) is 0.378. The Morgan fingerprint density at radius 2 is 2.08 bits per heavy atom. The van der Waals surface area contributed by atoms with Gasteiger partial charge in [0.05, 0.1) is 6.33 Å². The fourth-order valence-electron chi connectivity index (χ4n) is 0.577. The van der Waals surface area contributed by atoms with Gasteiger partial charge >= 0.3 is 30.5 Å². The van der Waals surface area contributed by atoms with Crippen molar-refractivity contribution in [2.75, 3.05) is 6.54 Å². The van der Waals surface area contributed by atoms with E-state index in [9.17, 15) is 0 Å². The SMILES string of the molecule is NCCc1cnc[nH]1.O=[As](O)(O)O. The van der Waals surface area contributed by atoms with Crippen LogP contribution >= 0.6 is 0 Å². The molecule has 0 radical (unpaired) electrons. The van der Waals surface area contributed by atoms with E-state index >= 15 is 0 Å². The molecule has 1 aromatic heterocycles. The average Bonchev–Trinajstić information content (AvgIpc) is 2.36. The van der Waals surface area contributed by atoms with E-state index in [2.05, 4.69) is 9.97 Å². The van der Waals surface area contributed by atoms with E-state index in [0.29, 0.717) is 6.54 Å². The molecule has 1 heterocycles. The second kappa shape index (κ2) is 5.95. The zero-order valence-electron chi connectivity index (χ0n) is 6.79. The van der Waals surface area contributed by atoms with Crippen molar-refractivity contribution >= 4 is 14.5 Å². The van der Waals surface area contributed by atoms with Gasteiger partial charge < -0.3 is 10.7 Å². The summed E-state index contributed by atoms with van der Waals surface area (Å²) in [4.78, 5) is 6.78. The van der Waals surface area contributed by atoms with Gasteiger partial charge in [0.25, 0.3) is 0 Å². The average molecular weight is 253 g/mol. The molecule has 1 rings (SSSR count). The van der Waals surface area contributed by atoms with Gasteiger partial charge in [0.1, 0.15) is 0 Å². The number of aromatic nitrogens is 2. The van der Waals surface area contributed by atoms with Gasteiger partial charge in [-0.15, -0.1) is 0 Å². The van der Waals surface area contributed by atoms with E-state index < -0.39 is 14.5 Å². The van der Waals surface area contributed by atoms with E-state index in [1.54, 1.807) is 12.5 Å². The van der Waals surface area contributed by atoms with E-state index in [0.717, 1.165) is 12.1 Å². The van der Waals surface area contributed by atoms with Crippen molar-refractivity contribution < 1.29 is 16.0 Å². The summed E-state index contributed by atoms with van der Waals surface area (Å²) in [6.45, 7) is 0.683. The van der Waals surface area contributed by atoms with Crippen molar-refractivity contribution in [1.29, 1.82) is 0 Å². The van der Waals surface area contributed by atoms with Crippen LogP contribution in [0.25, 0.3) is 0 Å². The summed E-state index contributed by atoms with van der Waals surface area (Å²) in [7, 11) is 0. The van der Waals surface area contributed by atoms with Crippen LogP contribution in [0.15, 0.2) is 12.5 Å². The van der Waals surface area contributed by atoms with Crippen LogP contribution in [-0.4, -0.2) is 43.3 Å². The normalized spacial score (nSPS) is 10.5. The summed E-state index contributed by atoms with van der Waals surface area (Å²) >= 11 is -5.12. The summed E-state index contributed by atoms with van der Waals surface area (Å²) < 4.78 is 30.7. The molecule has 0 aliphatic heterocycles. The second-order valence-corrected chi connectivity index (χ2v) is 4.28. The molecular formula is C5H12AsN3O4. The molecule has 0 aliphatic carbocycles. The van der Waals surface area contributed by atoms with Crippen LogP contribution in [0.3, 0.4) is 0 Å². The Morgan fingerprint density at radius 1 is 1.54 bits per heavy atom. The van der Waals surface area contributed by atoms with Crippen molar-refractivity contribution in [3.05, 3.63) is 18.2 Å². The predicted octanol–water partition coefficient (Wildman–Crippen LogP) is -2.26. The molecule has 0 aromatic carbocycles. The zero-order valence-corrected chi connectivity index (χ0v) is 8.67. The van der Waals surface area contributed by atoms with Gasteiger partial charge in [0, 0.05) is 18.3 Å². The van der Waals surface area contributed by atoms with Crippen LogP contribution < -0.4 is 5.73 Å². The van der Waals surface area contributed by atoms with Crippen LogP contribution in [0, 0.1) is 0 Å². The van der Waals surface area contributed by atoms with Gasteiger partial charge in [-0.2, -0.15) is 0 Å². The number of rotatable bonds is 2. The Balaban J connectivity index is 0.000000252. The molecule has 1 aromatic rings. The first-order chi connectivity index (χ1) is 5.93. The number of hydrogen-bond donors (Lipinski definition) is 5. The number of nitrogens with two attached hydrogens (primary N) is 1. The molecule has 0 spiro atoms. The van der Waals surface area contributed by atoms with Gasteiger partial charge in [0.2, 0.25) is 0 Å². The van der Waals surface area contributed by atoms with E-state index in [1.165, 1.54) is 0 Å². The maximum atomic E-state index is 8.94. The van der Waals surface area contributed by atoms with Gasteiger partial charge in [-0.25, -0.2) is 4.98 Å². The number of imidazole rings is 1. The monoisotopic (exact) mass is 253 g/mol. The molecule has 8 heteroatoms. The van der Waals surface area contributed by atoms with Crippen molar-refractivity contribution in [3.8, 4) is 0 Å². The van der Waals surface area contributed by atoms with Gasteiger partial charge in [-0.05, 0) is 6.54 Å². The van der Waals surface area contributed by atoms with Crippen molar-refractivity contribution in [3.63, 3.8) is 0 Å². The molecule has 0 aliphatic rings. The van der Waals surface area contributed by atoms with Gasteiger partial charge in [-0.1, -0.05) is 0 Å². The summed E-state index contributed by atoms with van der Waals surface area (Å²) in [5.41, 5.74) is 6.38. The van der Waals surface area contributed by atoms with Crippen molar-refractivity contribution in [2.24, 2.45) is 5.73 Å². The topological polar surface area (TPSA) is 132 Å². The summed E-state index contributed by atoms with van der Waals surface area (Å²) in [6, 6.07) is 0. The van der Waals surface area contributed by atoms with Crippen LogP contribution in [-0.2, 0) is 10.2 Å². The zero-order chi connectivity index (χ0) is 10.3. The van der Waals surface area contributed by atoms with Gasteiger partial charge in [0.15, 0.2) is 0 Å². The Labute approximate surface area is 78.0 Å². The molecular weight excluding hydrogens is 241 g/mol. The molecule has 0 amide bonds. The number of hydrogen-bond acceptors (Lipinski definition) is 3. The fraction of sp³-hybridized carbons (Fsp3) is 0.400. The number of nitrogens with zero attached hydrogens (tertiary/aromatic N) is 1. The third kappa shape index (κ3) is 11.4. The first-order valence-corrected chi connectivity index (χ1v) is 6.67. The molecule has 7 nitrogen and oxygen atoms in total. The number of H-pyrrole nitrogens is 1. The Morgan fingerprint density at radius 3 is 2.38 bits per heavy atom. The van der Waals surface area contributed by atoms with Crippen LogP contribution in [0.2, 0.25) is 0 Å². The minimum atomic E-state index is -5.12. The van der Waals surface area contributed by atoms with Crippen LogP contribution in [0.1, 0.15) is 5.69 Å². The Bertz CT molecular complexity index is 248. The third-order valence-electron chi connectivity index (χ3n) is 0.969. The second-order valence-electron chi connectivity index (χ2n) is 2.13. The van der Waals surface area contributed by atoms with E-state index in [4.69, 9.17) is 21.8 Å². The van der Waals surface area contributed by atoms with Crippen molar-refractivity contribution in [1.82, 2.24) is 9.97 Å². The molecule has 76 valence electrons. The summed E-state index contributed by atoms with van der Waals surface area (Å²) in [5, 5.41) is 0. The number of aromatic amines is 1. The van der Waals surface area contributed by atoms with Crippen LogP contribution in [0.5, 0.6) is 0 Å². The Kier molecular flexibility index (Phi) is 5.68. The molecule has 0 atom stereocenters. The number of nitrogens with one attached hydrogen (secondary N) is 1. The molecule has 0 unspecified atom stereocenters. The third-order valence-corrected chi connectivity index (χ3v) is 0.969. The van der Waals surface area contributed by atoms with Gasteiger partial charge in [-0.3, -0.25) is 0 Å². The summed E-state index contributed by atoms with van der Waals surface area (Å²) in [6.07, 6.45) is 4.33. The Hall–Kier alpha value is -0.592. The molecule has 0 saturated heterocycles. The first kappa shape index (κ1) is 12.4. The predicted molar refractivity (Wildman–Crippen MR) is 44.4 cm³/mol. The fourth-order valence-corrected chi connectivity index (χ4v) is 0.577.